The largest absolute Gasteiger partial charge is 0.487 e. The average Bonchev–Trinajstić information content (AvgIpc) is 2.79. The summed E-state index contributed by atoms with van der Waals surface area (Å²) in [5.74, 6) is -0.575. The van der Waals surface area contributed by atoms with Gasteiger partial charge in [-0.15, -0.1) is 8.78 Å². The van der Waals surface area contributed by atoms with Gasteiger partial charge in [0.25, 0.3) is 0 Å². The van der Waals surface area contributed by atoms with Crippen molar-refractivity contribution in [1.82, 2.24) is 0 Å². The van der Waals surface area contributed by atoms with Crippen molar-refractivity contribution in [3.05, 3.63) is 24.3 Å². The lowest BCUT2D eigenvalue weighted by molar-refractivity contribution is -0.117. The number of hydrogen-bond acceptors (Lipinski definition) is 4. The maximum Gasteiger partial charge on any atom is 0.487 e. The van der Waals surface area contributed by atoms with Crippen molar-refractivity contribution in [2.45, 2.75) is 18.0 Å². The average molecular weight is 352 g/mol. The van der Waals surface area contributed by atoms with E-state index < -0.39 is 21.4 Å². The van der Waals surface area contributed by atoms with Crippen LogP contribution in [-0.2, 0) is 14.6 Å². The van der Waals surface area contributed by atoms with Crippen LogP contribution >= 0.6 is 11.6 Å². The number of ether oxygens (including phenoxy) is 1. The Labute approximate surface area is 130 Å². The van der Waals surface area contributed by atoms with Gasteiger partial charge in [-0.2, -0.15) is 0 Å². The molecule has 120 valence electrons. The number of carbonyl (C=O) groups excluding carboxylic acids is 1. The molecule has 2 atom stereocenters. The molecular formula is C13H12ClF2NO4S. The molecular weight excluding hydrogens is 340 g/mol. The number of carbonyl (C=O) groups is 1. The van der Waals surface area contributed by atoms with Crippen molar-refractivity contribution >= 4 is 33.0 Å². The van der Waals surface area contributed by atoms with Crippen LogP contribution in [0.5, 0.6) is 5.75 Å². The maximum absolute atomic E-state index is 12.5. The first kappa shape index (κ1) is 15.5. The molecule has 2 aliphatic heterocycles. The van der Waals surface area contributed by atoms with Crippen LogP contribution in [0.1, 0.15) is 6.42 Å². The molecule has 0 saturated carbocycles. The molecule has 1 aromatic carbocycles. The highest BCUT2D eigenvalue weighted by molar-refractivity contribution is 7.91. The summed E-state index contributed by atoms with van der Waals surface area (Å²) in [4.78, 5) is 13.5. The molecule has 2 fully saturated rings. The van der Waals surface area contributed by atoms with Gasteiger partial charge in [-0.1, -0.05) is 0 Å². The number of benzene rings is 1. The van der Waals surface area contributed by atoms with E-state index in [-0.39, 0.29) is 35.5 Å². The van der Waals surface area contributed by atoms with Gasteiger partial charge in [0.2, 0.25) is 5.91 Å². The van der Waals surface area contributed by atoms with Gasteiger partial charge in [0.15, 0.2) is 9.84 Å². The molecule has 0 N–H and O–H groups in total. The summed E-state index contributed by atoms with van der Waals surface area (Å²) >= 11 is 4.68. The Morgan fingerprint density at radius 1 is 1.23 bits per heavy atom. The fourth-order valence-corrected chi connectivity index (χ4v) is 5.19. The van der Waals surface area contributed by atoms with Gasteiger partial charge in [-0.3, -0.25) is 4.79 Å². The summed E-state index contributed by atoms with van der Waals surface area (Å²) in [6.45, 7) is 0. The van der Waals surface area contributed by atoms with Crippen LogP contribution in [0.4, 0.5) is 14.5 Å². The second-order valence-electron chi connectivity index (χ2n) is 5.41. The lowest BCUT2D eigenvalue weighted by Crippen LogP contribution is -2.36. The summed E-state index contributed by atoms with van der Waals surface area (Å²) in [6, 6.07) is 5.00. The molecule has 0 aromatic heterocycles. The molecule has 0 aliphatic carbocycles. The summed E-state index contributed by atoms with van der Waals surface area (Å²) in [5, 5.41) is 0. The van der Waals surface area contributed by atoms with E-state index in [4.69, 9.17) is 0 Å². The fraction of sp³-hybridized carbons (Fsp3) is 0.462. The quantitative estimate of drug-likeness (QED) is 0.781. The molecule has 2 saturated heterocycles. The van der Waals surface area contributed by atoms with E-state index >= 15 is 0 Å². The fourth-order valence-electron chi connectivity index (χ4n) is 3.03. The molecule has 22 heavy (non-hydrogen) atoms. The maximum atomic E-state index is 12.5. The zero-order chi connectivity index (χ0) is 16.1. The number of nitrogens with zero attached hydrogens (tertiary/aromatic N) is 1. The highest BCUT2D eigenvalue weighted by Gasteiger charge is 2.49. The van der Waals surface area contributed by atoms with Gasteiger partial charge in [0.1, 0.15) is 5.75 Å². The van der Waals surface area contributed by atoms with Crippen molar-refractivity contribution in [2.24, 2.45) is 5.92 Å². The Kier molecular flexibility index (Phi) is 3.56. The normalized spacial score (nSPS) is 27.0. The minimum absolute atomic E-state index is 0.0135. The number of fused-ring (bicyclic) bond motifs is 1. The van der Waals surface area contributed by atoms with E-state index in [1.54, 1.807) is 0 Å². The van der Waals surface area contributed by atoms with Gasteiger partial charge >= 0.3 is 5.57 Å². The predicted molar refractivity (Wildman–Crippen MR) is 75.9 cm³/mol. The Morgan fingerprint density at radius 2 is 1.86 bits per heavy atom. The van der Waals surface area contributed by atoms with Gasteiger partial charge in [-0.25, -0.2) is 8.42 Å². The molecule has 2 heterocycles. The van der Waals surface area contributed by atoms with E-state index in [0.29, 0.717) is 5.69 Å². The summed E-state index contributed by atoms with van der Waals surface area (Å²) in [6.07, 6.45) is 0.182. The summed E-state index contributed by atoms with van der Waals surface area (Å²) in [5.41, 5.74) is -3.35. The number of sulfone groups is 1. The molecule has 1 aromatic rings. The van der Waals surface area contributed by atoms with E-state index in [9.17, 15) is 22.0 Å². The minimum atomic E-state index is -3.81. The third-order valence-corrected chi connectivity index (χ3v) is 5.69. The first-order valence-corrected chi connectivity index (χ1v) is 8.73. The molecule has 0 unspecified atom stereocenters. The monoisotopic (exact) mass is 351 g/mol. The van der Waals surface area contributed by atoms with Crippen molar-refractivity contribution in [3.63, 3.8) is 0 Å². The smallest absolute Gasteiger partial charge is 0.420 e. The van der Waals surface area contributed by atoms with Crippen molar-refractivity contribution in [3.8, 4) is 5.75 Å². The first-order valence-electron chi connectivity index (χ1n) is 6.53. The molecule has 9 heteroatoms. The third-order valence-electron chi connectivity index (χ3n) is 3.82. The van der Waals surface area contributed by atoms with E-state index in [1.165, 1.54) is 29.2 Å². The molecule has 0 spiro atoms. The number of halogens is 3. The second kappa shape index (κ2) is 5.06. The second-order valence-corrected chi connectivity index (χ2v) is 8.01. The number of hydrogen-bond donors (Lipinski definition) is 0. The van der Waals surface area contributed by atoms with Crippen molar-refractivity contribution < 1.29 is 26.7 Å². The zero-order valence-corrected chi connectivity index (χ0v) is 12.8. The van der Waals surface area contributed by atoms with Crippen molar-refractivity contribution in [2.75, 3.05) is 16.4 Å². The number of amides is 1. The van der Waals surface area contributed by atoms with E-state index in [2.05, 4.69) is 16.3 Å². The third kappa shape index (κ3) is 3.03. The van der Waals surface area contributed by atoms with Crippen LogP contribution < -0.4 is 9.64 Å². The number of rotatable bonds is 3. The molecule has 0 radical (unpaired) electrons. The lowest BCUT2D eigenvalue weighted by atomic mass is 10.0. The van der Waals surface area contributed by atoms with Crippen LogP contribution in [0.3, 0.4) is 0 Å². The molecule has 0 bridgehead atoms. The first-order chi connectivity index (χ1) is 10.1. The number of alkyl halides is 3. The topological polar surface area (TPSA) is 63.7 Å². The Morgan fingerprint density at radius 3 is 2.45 bits per heavy atom. The standard InChI is InChI=1S/C13H12ClF2NO4S/c14-13(15,16)21-10-3-1-9(2-4-10)17-11-7-22(19,20)6-8(11)5-12(17)18/h1-4,8,11H,5-7H2/t8-,11-/m1/s1. The Hall–Kier alpha value is -1.41. The molecule has 5 nitrogen and oxygen atoms in total. The number of anilines is 1. The molecule has 1 amide bonds. The van der Waals surface area contributed by atoms with Crippen LogP contribution in [0, 0.1) is 5.92 Å². The predicted octanol–water partition coefficient (Wildman–Crippen LogP) is 2.00. The van der Waals surface area contributed by atoms with Gasteiger partial charge in [0.05, 0.1) is 17.5 Å². The van der Waals surface area contributed by atoms with Gasteiger partial charge in [-0.05, 0) is 24.3 Å². The van der Waals surface area contributed by atoms with Gasteiger partial charge < -0.3 is 9.64 Å². The van der Waals surface area contributed by atoms with Crippen molar-refractivity contribution in [1.29, 1.82) is 0 Å². The van der Waals surface area contributed by atoms with Crippen LogP contribution in [0.15, 0.2) is 24.3 Å². The van der Waals surface area contributed by atoms with E-state index in [1.807, 2.05) is 0 Å². The zero-order valence-electron chi connectivity index (χ0n) is 11.2. The van der Waals surface area contributed by atoms with Gasteiger partial charge in [0, 0.05) is 29.6 Å². The summed E-state index contributed by atoms with van der Waals surface area (Å²) in [7, 11) is -3.14. The molecule has 3 rings (SSSR count). The SMILES string of the molecule is O=C1C[C@@H]2CS(=O)(=O)C[C@H]2N1c1ccc(OC(F)(F)Cl)cc1. The van der Waals surface area contributed by atoms with Crippen LogP contribution in [-0.4, -0.2) is 37.4 Å². The highest BCUT2D eigenvalue weighted by atomic mass is 35.5. The Bertz CT molecular complexity index is 702. The summed E-state index contributed by atoms with van der Waals surface area (Å²) < 4.78 is 52.7. The lowest BCUT2D eigenvalue weighted by Gasteiger charge is -2.23. The minimum Gasteiger partial charge on any atom is -0.420 e. The van der Waals surface area contributed by atoms with Crippen LogP contribution in [0.2, 0.25) is 0 Å². The highest BCUT2D eigenvalue weighted by Crippen LogP contribution is 2.37. The van der Waals surface area contributed by atoms with E-state index in [0.717, 1.165) is 0 Å². The Balaban J connectivity index is 1.83. The molecule has 2 aliphatic rings. The van der Waals surface area contributed by atoms with Crippen LogP contribution in [0.25, 0.3) is 0 Å².